The van der Waals surface area contributed by atoms with E-state index in [1.165, 1.54) is 7.05 Å². The zero-order valence-electron chi connectivity index (χ0n) is 11.6. The second-order valence-electron chi connectivity index (χ2n) is 3.31. The zero-order valence-corrected chi connectivity index (χ0v) is 11.6. The quantitative estimate of drug-likeness (QED) is 0.288. The number of nitrogens with zero attached hydrogens (tertiary/aromatic N) is 1. The SMILES string of the molecule is C=C.CN=C(NC)Nc1cc(F)c(OC(C)=O)c(F)c1. The van der Waals surface area contributed by atoms with Crippen LogP contribution in [-0.4, -0.2) is 26.0 Å². The van der Waals surface area contributed by atoms with Gasteiger partial charge in [-0.15, -0.1) is 13.2 Å². The second-order valence-corrected chi connectivity index (χ2v) is 3.31. The van der Waals surface area contributed by atoms with Gasteiger partial charge in [-0.3, -0.25) is 9.79 Å². The molecule has 0 aliphatic carbocycles. The van der Waals surface area contributed by atoms with Crippen LogP contribution in [0.1, 0.15) is 6.92 Å². The number of aliphatic imine (C=N–C) groups is 1. The fraction of sp³-hybridized carbons (Fsp3) is 0.231. The summed E-state index contributed by atoms with van der Waals surface area (Å²) in [6.45, 7) is 7.06. The van der Waals surface area contributed by atoms with Crippen molar-refractivity contribution in [3.8, 4) is 5.75 Å². The maximum absolute atomic E-state index is 13.5. The van der Waals surface area contributed by atoms with Gasteiger partial charge < -0.3 is 15.4 Å². The van der Waals surface area contributed by atoms with Gasteiger partial charge in [-0.2, -0.15) is 0 Å². The molecule has 0 unspecified atom stereocenters. The molecule has 0 aromatic heterocycles. The summed E-state index contributed by atoms with van der Waals surface area (Å²) in [5.74, 6) is -3.11. The fourth-order valence-electron chi connectivity index (χ4n) is 1.24. The third-order valence-corrected chi connectivity index (χ3v) is 1.97. The molecule has 110 valence electrons. The third kappa shape index (κ3) is 5.05. The first-order valence-electron chi connectivity index (χ1n) is 5.57. The Kier molecular flexibility index (Phi) is 7.57. The van der Waals surface area contributed by atoms with Crippen molar-refractivity contribution in [2.45, 2.75) is 6.92 Å². The minimum absolute atomic E-state index is 0.149. The fourth-order valence-corrected chi connectivity index (χ4v) is 1.24. The molecule has 0 saturated heterocycles. The summed E-state index contributed by atoms with van der Waals surface area (Å²) in [5.41, 5.74) is 0.149. The van der Waals surface area contributed by atoms with E-state index in [9.17, 15) is 13.6 Å². The zero-order chi connectivity index (χ0) is 15.7. The Labute approximate surface area is 116 Å². The number of hydrogen-bond donors (Lipinski definition) is 2. The van der Waals surface area contributed by atoms with E-state index in [0.29, 0.717) is 5.96 Å². The molecule has 0 spiro atoms. The van der Waals surface area contributed by atoms with E-state index in [4.69, 9.17) is 0 Å². The van der Waals surface area contributed by atoms with Crippen molar-refractivity contribution in [3.63, 3.8) is 0 Å². The van der Waals surface area contributed by atoms with Crippen molar-refractivity contribution < 1.29 is 18.3 Å². The molecule has 20 heavy (non-hydrogen) atoms. The number of anilines is 1. The molecule has 0 aliphatic heterocycles. The number of ether oxygens (including phenoxy) is 1. The molecule has 0 saturated carbocycles. The van der Waals surface area contributed by atoms with E-state index in [1.54, 1.807) is 7.05 Å². The van der Waals surface area contributed by atoms with Crippen LogP contribution in [0.25, 0.3) is 0 Å². The van der Waals surface area contributed by atoms with Crippen LogP contribution < -0.4 is 15.4 Å². The first-order valence-corrected chi connectivity index (χ1v) is 5.57. The first kappa shape index (κ1) is 17.6. The monoisotopic (exact) mass is 285 g/mol. The number of nitrogens with one attached hydrogen (secondary N) is 2. The van der Waals surface area contributed by atoms with Gasteiger partial charge >= 0.3 is 5.97 Å². The summed E-state index contributed by atoms with van der Waals surface area (Å²) in [4.78, 5) is 14.5. The van der Waals surface area contributed by atoms with Gasteiger partial charge in [0.2, 0.25) is 5.75 Å². The molecular formula is C13H17F2N3O2. The summed E-state index contributed by atoms with van der Waals surface area (Å²) in [6, 6.07) is 2.01. The second kappa shape index (κ2) is 8.63. The minimum atomic E-state index is -0.973. The van der Waals surface area contributed by atoms with Crippen LogP contribution in [0.5, 0.6) is 5.75 Å². The van der Waals surface area contributed by atoms with E-state index in [0.717, 1.165) is 19.1 Å². The number of guanidine groups is 1. The van der Waals surface area contributed by atoms with Gasteiger partial charge in [0.05, 0.1) is 0 Å². The summed E-state index contributed by atoms with van der Waals surface area (Å²) >= 11 is 0. The Morgan fingerprint density at radius 2 is 1.80 bits per heavy atom. The molecular weight excluding hydrogens is 268 g/mol. The number of carbonyl (C=O) groups is 1. The molecule has 0 aliphatic rings. The largest absolute Gasteiger partial charge is 0.420 e. The molecule has 5 nitrogen and oxygen atoms in total. The predicted octanol–water partition coefficient (Wildman–Crippen LogP) is 2.31. The van der Waals surface area contributed by atoms with Crippen molar-refractivity contribution in [2.24, 2.45) is 4.99 Å². The average molecular weight is 285 g/mol. The van der Waals surface area contributed by atoms with Crippen molar-refractivity contribution in [2.75, 3.05) is 19.4 Å². The Morgan fingerprint density at radius 1 is 1.30 bits per heavy atom. The molecule has 0 amide bonds. The van der Waals surface area contributed by atoms with Gasteiger partial charge in [-0.25, -0.2) is 8.78 Å². The highest BCUT2D eigenvalue weighted by Gasteiger charge is 2.15. The number of rotatable bonds is 2. The van der Waals surface area contributed by atoms with E-state index in [2.05, 4.69) is 33.5 Å². The van der Waals surface area contributed by atoms with Gasteiger partial charge in [-0.1, -0.05) is 0 Å². The van der Waals surface area contributed by atoms with Gasteiger partial charge in [0.25, 0.3) is 0 Å². The van der Waals surface area contributed by atoms with Crippen molar-refractivity contribution >= 4 is 17.6 Å². The van der Waals surface area contributed by atoms with Crippen molar-refractivity contribution in [1.82, 2.24) is 5.32 Å². The number of benzene rings is 1. The molecule has 0 bridgehead atoms. The third-order valence-electron chi connectivity index (χ3n) is 1.97. The Bertz CT molecular complexity index is 481. The van der Waals surface area contributed by atoms with Gasteiger partial charge in [-0.05, 0) is 0 Å². The predicted molar refractivity (Wildman–Crippen MR) is 75.0 cm³/mol. The highest BCUT2D eigenvalue weighted by atomic mass is 19.1. The number of carbonyl (C=O) groups excluding carboxylic acids is 1. The lowest BCUT2D eigenvalue weighted by Crippen LogP contribution is -2.26. The van der Waals surface area contributed by atoms with E-state index < -0.39 is 23.4 Å². The Balaban J connectivity index is 0.00000172. The van der Waals surface area contributed by atoms with Crippen LogP contribution in [0.3, 0.4) is 0 Å². The Hall–Kier alpha value is -2.44. The number of halogens is 2. The summed E-state index contributed by atoms with van der Waals surface area (Å²) in [6.07, 6.45) is 0. The normalized spacial score (nSPS) is 10.2. The molecule has 0 atom stereocenters. The van der Waals surface area contributed by atoms with Crippen LogP contribution in [-0.2, 0) is 4.79 Å². The van der Waals surface area contributed by atoms with E-state index in [-0.39, 0.29) is 5.69 Å². The lowest BCUT2D eigenvalue weighted by atomic mass is 10.2. The molecule has 2 N–H and O–H groups in total. The summed E-state index contributed by atoms with van der Waals surface area (Å²) in [7, 11) is 3.12. The van der Waals surface area contributed by atoms with Crippen molar-refractivity contribution in [3.05, 3.63) is 36.9 Å². The average Bonchev–Trinajstić information content (AvgIpc) is 2.42. The molecule has 0 radical (unpaired) electrons. The summed E-state index contributed by atoms with van der Waals surface area (Å²) < 4.78 is 31.5. The molecule has 7 heteroatoms. The smallest absolute Gasteiger partial charge is 0.308 e. The maximum atomic E-state index is 13.5. The summed E-state index contributed by atoms with van der Waals surface area (Å²) in [5, 5.41) is 5.35. The minimum Gasteiger partial charge on any atom is -0.420 e. The molecule has 1 aromatic rings. The number of esters is 1. The standard InChI is InChI=1S/C11H13F2N3O2.C2H4/c1-6(17)18-10-8(12)4-7(5-9(10)13)16-11(14-2)15-3;1-2/h4-5H,1-3H3,(H2,14,15,16);1-2H2. The van der Waals surface area contributed by atoms with Crippen molar-refractivity contribution in [1.29, 1.82) is 0 Å². The molecule has 0 heterocycles. The Morgan fingerprint density at radius 3 is 2.15 bits per heavy atom. The first-order chi connectivity index (χ1) is 9.47. The lowest BCUT2D eigenvalue weighted by Gasteiger charge is -2.10. The van der Waals surface area contributed by atoms with Gasteiger partial charge in [0.15, 0.2) is 17.6 Å². The highest BCUT2D eigenvalue weighted by Crippen LogP contribution is 2.25. The van der Waals surface area contributed by atoms with Crippen LogP contribution >= 0.6 is 0 Å². The van der Waals surface area contributed by atoms with Crippen LogP contribution in [0.4, 0.5) is 14.5 Å². The van der Waals surface area contributed by atoms with Gasteiger partial charge in [0, 0.05) is 38.8 Å². The maximum Gasteiger partial charge on any atom is 0.308 e. The number of hydrogen-bond acceptors (Lipinski definition) is 3. The van der Waals surface area contributed by atoms with Gasteiger partial charge in [0.1, 0.15) is 0 Å². The van der Waals surface area contributed by atoms with Crippen LogP contribution in [0.15, 0.2) is 30.3 Å². The lowest BCUT2D eigenvalue weighted by molar-refractivity contribution is -0.132. The molecule has 1 rings (SSSR count). The highest BCUT2D eigenvalue weighted by molar-refractivity contribution is 5.93. The van der Waals surface area contributed by atoms with Crippen LogP contribution in [0.2, 0.25) is 0 Å². The molecule has 1 aromatic carbocycles. The topological polar surface area (TPSA) is 62.7 Å². The van der Waals surface area contributed by atoms with E-state index in [1.807, 2.05) is 0 Å². The molecule has 0 fully saturated rings. The van der Waals surface area contributed by atoms with Crippen LogP contribution in [0, 0.1) is 11.6 Å². The van der Waals surface area contributed by atoms with E-state index >= 15 is 0 Å².